The van der Waals surface area contributed by atoms with Crippen molar-refractivity contribution in [2.75, 3.05) is 56.7 Å². The Morgan fingerprint density at radius 3 is 2.48 bits per heavy atom. The average molecular weight is 454 g/mol. The number of thiocarbonyl (C=S) groups is 1. The van der Waals surface area contributed by atoms with Crippen LogP contribution in [0, 0.1) is 6.92 Å². The molecule has 7 heteroatoms. The molecule has 0 saturated carbocycles. The molecule has 0 spiro atoms. The highest BCUT2D eigenvalue weighted by molar-refractivity contribution is 8.26. The highest BCUT2D eigenvalue weighted by Crippen LogP contribution is 2.32. The van der Waals surface area contributed by atoms with E-state index in [1.807, 2.05) is 32.3 Å². The number of quaternary nitrogens is 1. The van der Waals surface area contributed by atoms with E-state index in [-0.39, 0.29) is 5.91 Å². The first-order chi connectivity index (χ1) is 14.9. The first kappa shape index (κ1) is 21.9. The van der Waals surface area contributed by atoms with Crippen molar-refractivity contribution in [3.8, 4) is 0 Å². The molecule has 2 aliphatic rings. The van der Waals surface area contributed by atoms with Crippen LogP contribution >= 0.6 is 24.0 Å². The summed E-state index contributed by atoms with van der Waals surface area (Å²) >= 11 is 6.95. The van der Waals surface area contributed by atoms with E-state index in [9.17, 15) is 4.79 Å². The molecule has 1 N–H and O–H groups in total. The lowest BCUT2D eigenvalue weighted by Crippen LogP contribution is -3.16. The molecule has 5 nitrogen and oxygen atoms in total. The first-order valence-electron chi connectivity index (χ1n) is 10.6. The van der Waals surface area contributed by atoms with Gasteiger partial charge < -0.3 is 14.7 Å². The van der Waals surface area contributed by atoms with Crippen LogP contribution in [0.5, 0.6) is 0 Å². The zero-order valence-corrected chi connectivity index (χ0v) is 19.9. The third-order valence-electron chi connectivity index (χ3n) is 5.80. The lowest BCUT2D eigenvalue weighted by molar-refractivity contribution is -0.907. The number of nitrogens with zero attached hydrogens (tertiary/aromatic N) is 3. The lowest BCUT2D eigenvalue weighted by atomic mass is 10.2. The fraction of sp³-hybridized carbons (Fsp3) is 0.333. The molecule has 0 unspecified atom stereocenters. The van der Waals surface area contributed by atoms with Crippen molar-refractivity contribution in [2.45, 2.75) is 6.92 Å². The van der Waals surface area contributed by atoms with E-state index in [0.29, 0.717) is 15.9 Å². The summed E-state index contributed by atoms with van der Waals surface area (Å²) < 4.78 is 0.662. The predicted molar refractivity (Wildman–Crippen MR) is 135 cm³/mol. The molecule has 0 aliphatic carbocycles. The van der Waals surface area contributed by atoms with Gasteiger partial charge in [0.15, 0.2) is 11.0 Å². The number of carbonyl (C=O) groups excluding carboxylic acids is 1. The highest BCUT2D eigenvalue weighted by Gasteiger charge is 2.35. The predicted octanol–water partition coefficient (Wildman–Crippen LogP) is 2.62. The summed E-state index contributed by atoms with van der Waals surface area (Å²) in [6, 6.07) is 16.9. The number of aryl methyl sites for hydroxylation is 1. The number of amides is 1. The Morgan fingerprint density at radius 1 is 1.13 bits per heavy atom. The van der Waals surface area contributed by atoms with Crippen LogP contribution < -0.4 is 14.7 Å². The van der Waals surface area contributed by atoms with Gasteiger partial charge in [-0.05, 0) is 48.4 Å². The lowest BCUT2D eigenvalue weighted by Gasteiger charge is -2.35. The van der Waals surface area contributed by atoms with E-state index in [1.54, 1.807) is 4.90 Å². The van der Waals surface area contributed by atoms with E-state index >= 15 is 0 Å². The van der Waals surface area contributed by atoms with Gasteiger partial charge in [0.05, 0.1) is 31.1 Å². The Balaban J connectivity index is 1.36. The first-order valence-corrected chi connectivity index (χ1v) is 11.8. The van der Waals surface area contributed by atoms with Crippen LogP contribution in [0.4, 0.5) is 11.4 Å². The van der Waals surface area contributed by atoms with Crippen LogP contribution in [0.25, 0.3) is 6.08 Å². The summed E-state index contributed by atoms with van der Waals surface area (Å²) in [7, 11) is 4.03. The van der Waals surface area contributed by atoms with E-state index in [1.165, 1.54) is 27.9 Å². The van der Waals surface area contributed by atoms with Crippen molar-refractivity contribution in [2.24, 2.45) is 0 Å². The SMILES string of the molecule is Cc1cccc(N2CC[NH+](CN3C(=O)/C(=C\c4ccc(N(C)C)cc4)SC3=S)CC2)c1. The molecule has 0 atom stereocenters. The normalized spacial score (nSPS) is 18.9. The maximum Gasteiger partial charge on any atom is 0.270 e. The number of rotatable bonds is 5. The minimum absolute atomic E-state index is 0.0281. The van der Waals surface area contributed by atoms with Crippen LogP contribution in [0.15, 0.2) is 53.4 Å². The average Bonchev–Trinajstić information content (AvgIpc) is 3.02. The second-order valence-electron chi connectivity index (χ2n) is 8.33. The van der Waals surface area contributed by atoms with Gasteiger partial charge in [-0.15, -0.1) is 0 Å². The molecule has 1 amide bonds. The van der Waals surface area contributed by atoms with Gasteiger partial charge >= 0.3 is 0 Å². The summed E-state index contributed by atoms with van der Waals surface area (Å²) in [5.41, 5.74) is 4.73. The zero-order chi connectivity index (χ0) is 22.0. The molecular formula is C24H29N4OS2+. The van der Waals surface area contributed by atoms with E-state index in [4.69, 9.17) is 12.2 Å². The minimum atomic E-state index is 0.0281. The van der Waals surface area contributed by atoms with Gasteiger partial charge in [0.1, 0.15) is 0 Å². The molecule has 2 aliphatic heterocycles. The number of carbonyl (C=O) groups is 1. The van der Waals surface area contributed by atoms with Crippen LogP contribution in [0.2, 0.25) is 0 Å². The Hall–Kier alpha value is -2.35. The number of anilines is 2. The van der Waals surface area contributed by atoms with E-state index in [2.05, 4.69) is 53.1 Å². The molecule has 2 fully saturated rings. The summed E-state index contributed by atoms with van der Waals surface area (Å²) in [5, 5.41) is 0. The molecule has 2 heterocycles. The second-order valence-corrected chi connectivity index (χ2v) is 10.0. The third-order valence-corrected chi connectivity index (χ3v) is 7.18. The Kier molecular flexibility index (Phi) is 6.65. The largest absolute Gasteiger partial charge is 0.378 e. The van der Waals surface area contributed by atoms with Crippen molar-refractivity contribution < 1.29 is 9.69 Å². The maximum atomic E-state index is 13.0. The topological polar surface area (TPSA) is 31.2 Å². The zero-order valence-electron chi connectivity index (χ0n) is 18.3. The molecule has 0 aromatic heterocycles. The quantitative estimate of drug-likeness (QED) is 0.556. The maximum absolute atomic E-state index is 13.0. The summed E-state index contributed by atoms with van der Waals surface area (Å²) in [4.78, 5) is 21.4. The molecule has 162 valence electrons. The van der Waals surface area contributed by atoms with Gasteiger partial charge in [-0.3, -0.25) is 4.79 Å². The van der Waals surface area contributed by atoms with Crippen molar-refractivity contribution in [3.05, 3.63) is 64.6 Å². The van der Waals surface area contributed by atoms with Gasteiger partial charge in [-0.2, -0.15) is 0 Å². The van der Waals surface area contributed by atoms with Crippen molar-refractivity contribution in [3.63, 3.8) is 0 Å². The number of hydrogen-bond acceptors (Lipinski definition) is 5. The summed E-state index contributed by atoms with van der Waals surface area (Å²) in [6.07, 6.45) is 1.95. The van der Waals surface area contributed by atoms with Gasteiger partial charge in [-0.1, -0.05) is 48.2 Å². The monoisotopic (exact) mass is 453 g/mol. The third kappa shape index (κ3) is 5.11. The molecule has 2 saturated heterocycles. The number of hydrogen-bond donors (Lipinski definition) is 1. The Labute approximate surface area is 194 Å². The number of benzene rings is 2. The number of nitrogens with one attached hydrogen (secondary N) is 1. The van der Waals surface area contributed by atoms with E-state index in [0.717, 1.165) is 37.4 Å². The van der Waals surface area contributed by atoms with Crippen LogP contribution in [0.1, 0.15) is 11.1 Å². The van der Waals surface area contributed by atoms with Crippen LogP contribution in [-0.4, -0.2) is 62.1 Å². The fourth-order valence-electron chi connectivity index (χ4n) is 3.94. The van der Waals surface area contributed by atoms with Gasteiger partial charge in [0.2, 0.25) is 0 Å². The molecule has 0 radical (unpaired) electrons. The Bertz CT molecular complexity index is 995. The standard InChI is InChI=1S/C24H28N4OS2/c1-18-5-4-6-21(15-18)27-13-11-26(12-14-27)17-28-23(29)22(31-24(28)30)16-19-7-9-20(10-8-19)25(2)3/h4-10,15-16H,11-14,17H2,1-3H3/p+1/b22-16+. The van der Waals surface area contributed by atoms with Crippen molar-refractivity contribution >= 4 is 51.7 Å². The molecule has 31 heavy (non-hydrogen) atoms. The summed E-state index contributed by atoms with van der Waals surface area (Å²) in [5.74, 6) is 0.0281. The fourth-order valence-corrected chi connectivity index (χ4v) is 5.20. The van der Waals surface area contributed by atoms with Crippen LogP contribution in [-0.2, 0) is 4.79 Å². The molecule has 2 aromatic carbocycles. The van der Waals surface area contributed by atoms with Gasteiger partial charge in [0.25, 0.3) is 5.91 Å². The van der Waals surface area contributed by atoms with Gasteiger partial charge in [-0.25, -0.2) is 4.90 Å². The summed E-state index contributed by atoms with van der Waals surface area (Å²) in [6.45, 7) is 6.74. The molecule has 0 bridgehead atoms. The molecular weight excluding hydrogens is 424 g/mol. The van der Waals surface area contributed by atoms with E-state index < -0.39 is 0 Å². The smallest absolute Gasteiger partial charge is 0.270 e. The van der Waals surface area contributed by atoms with Crippen molar-refractivity contribution in [1.29, 1.82) is 0 Å². The molecule has 2 aromatic rings. The van der Waals surface area contributed by atoms with Gasteiger partial charge in [0, 0.05) is 25.5 Å². The number of thioether (sulfide) groups is 1. The Morgan fingerprint density at radius 2 is 1.84 bits per heavy atom. The number of piperazine rings is 1. The van der Waals surface area contributed by atoms with Crippen LogP contribution in [0.3, 0.4) is 0 Å². The highest BCUT2D eigenvalue weighted by atomic mass is 32.2. The second kappa shape index (κ2) is 9.42. The minimum Gasteiger partial charge on any atom is -0.378 e. The molecule has 4 rings (SSSR count). The van der Waals surface area contributed by atoms with Crippen molar-refractivity contribution in [1.82, 2.24) is 4.90 Å².